The topological polar surface area (TPSA) is 143 Å². The van der Waals surface area contributed by atoms with Gasteiger partial charge < -0.3 is 14.8 Å². The fourth-order valence-electron chi connectivity index (χ4n) is 4.90. The van der Waals surface area contributed by atoms with Crippen LogP contribution >= 0.6 is 11.6 Å². The highest BCUT2D eigenvalue weighted by molar-refractivity contribution is 6.29. The molecule has 7 rings (SSSR count). The molecule has 49 heavy (non-hydrogen) atoms. The predicted molar refractivity (Wildman–Crippen MR) is 190 cm³/mol. The molecular weight excluding hydrogens is 642 g/mol. The highest BCUT2D eigenvalue weighted by atomic mass is 35.5. The number of halogens is 1. The molecule has 0 aliphatic carbocycles. The number of fused-ring (bicyclic) bond motifs is 2. The van der Waals surface area contributed by atoms with Gasteiger partial charge in [-0.25, -0.2) is 9.97 Å². The van der Waals surface area contributed by atoms with Gasteiger partial charge in [-0.15, -0.1) is 5.10 Å². The number of hydrogen-bond acceptors (Lipinski definition) is 11. The number of hydrogen-bond donors (Lipinski definition) is 1. The summed E-state index contributed by atoms with van der Waals surface area (Å²) in [4.78, 5) is 17.9. The van der Waals surface area contributed by atoms with E-state index >= 15 is 0 Å². The summed E-state index contributed by atoms with van der Waals surface area (Å²) in [7, 11) is 3.35. The van der Waals surface area contributed by atoms with Crippen LogP contribution in [0.25, 0.3) is 44.3 Å². The second kappa shape index (κ2) is 15.7. The molecule has 1 N–H and O–H groups in total. The van der Waals surface area contributed by atoms with Gasteiger partial charge in [-0.1, -0.05) is 25.4 Å². The molecule has 0 atom stereocenters. The molecule has 0 saturated heterocycles. The Morgan fingerprint density at radius 3 is 1.86 bits per heavy atom. The number of methoxy groups -OCH3 is 2. The molecule has 250 valence electrons. The SMILES string of the molecule is COCCn1cc(-c2cnc3ccc(Cl)nc3c2)cn1.COCCn1cc(-c2cnc3ccc(Nc4cc(C(C)C)cnn4)nc3c2)cn1. The molecule has 13 nitrogen and oxygen atoms in total. The third-order valence-electron chi connectivity index (χ3n) is 7.62. The molecule has 0 amide bonds. The van der Waals surface area contributed by atoms with Crippen molar-refractivity contribution in [3.8, 4) is 22.3 Å². The van der Waals surface area contributed by atoms with Crippen LogP contribution in [0.3, 0.4) is 0 Å². The summed E-state index contributed by atoms with van der Waals surface area (Å²) < 4.78 is 13.8. The third kappa shape index (κ3) is 8.57. The average molecular weight is 678 g/mol. The molecule has 7 aromatic rings. The molecule has 0 unspecified atom stereocenters. The zero-order valence-corrected chi connectivity index (χ0v) is 28.4. The highest BCUT2D eigenvalue weighted by Crippen LogP contribution is 2.25. The van der Waals surface area contributed by atoms with Crippen LogP contribution in [0, 0.1) is 0 Å². The standard InChI is InChI=1S/C21H23N7O.C14H13ClN4O/c1-14(2)15-9-21(27-23-11-15)26-20-5-4-18-19(25-20)8-16(10-22-18)17-12-24-28(13-17)6-7-29-3;1-20-5-4-19-9-11(8-17-19)10-6-13-12(16-7-10)2-3-14(15)18-13/h4-5,8-14H,6-7H2,1-3H3,(H,25,26,27);2-3,6-9H,4-5H2,1H3. The van der Waals surface area contributed by atoms with Crippen LogP contribution in [-0.4, -0.2) is 77.1 Å². The first kappa shape index (κ1) is 33.5. The van der Waals surface area contributed by atoms with Gasteiger partial charge in [0.15, 0.2) is 5.82 Å². The zero-order valence-electron chi connectivity index (χ0n) is 27.7. The predicted octanol–water partition coefficient (Wildman–Crippen LogP) is 6.59. The number of nitrogens with one attached hydrogen (secondary N) is 1. The Labute approximate surface area is 288 Å². The lowest BCUT2D eigenvalue weighted by molar-refractivity contribution is 0.183. The number of ether oxygens (including phenoxy) is 2. The van der Waals surface area contributed by atoms with E-state index in [1.165, 1.54) is 0 Å². The van der Waals surface area contributed by atoms with E-state index < -0.39 is 0 Å². The lowest BCUT2D eigenvalue weighted by Crippen LogP contribution is -2.03. The fourth-order valence-corrected chi connectivity index (χ4v) is 5.06. The van der Waals surface area contributed by atoms with Crippen molar-refractivity contribution in [2.24, 2.45) is 0 Å². The lowest BCUT2D eigenvalue weighted by Gasteiger charge is -2.09. The molecule has 0 aromatic carbocycles. The Hall–Kier alpha value is -5.37. The minimum absolute atomic E-state index is 0.382. The molecule has 14 heteroatoms. The first-order chi connectivity index (χ1) is 23.9. The molecule has 7 heterocycles. The smallest absolute Gasteiger partial charge is 0.154 e. The van der Waals surface area contributed by atoms with Crippen LogP contribution in [0.4, 0.5) is 11.6 Å². The second-order valence-electron chi connectivity index (χ2n) is 11.5. The molecule has 0 radical (unpaired) electrons. The first-order valence-corrected chi connectivity index (χ1v) is 16.1. The number of nitrogens with zero attached hydrogens (tertiary/aromatic N) is 10. The van der Waals surface area contributed by atoms with E-state index in [0.717, 1.165) is 56.4 Å². The number of pyridine rings is 4. The van der Waals surface area contributed by atoms with Gasteiger partial charge >= 0.3 is 0 Å². The van der Waals surface area contributed by atoms with Gasteiger partial charge in [0, 0.05) is 61.3 Å². The number of aromatic nitrogens is 10. The van der Waals surface area contributed by atoms with Crippen molar-refractivity contribution >= 4 is 45.3 Å². The van der Waals surface area contributed by atoms with Crippen LogP contribution in [0.15, 0.2) is 85.8 Å². The third-order valence-corrected chi connectivity index (χ3v) is 7.83. The molecule has 0 aliphatic heterocycles. The summed E-state index contributed by atoms with van der Waals surface area (Å²) in [6.07, 6.45) is 13.0. The molecule has 0 spiro atoms. The molecule has 0 bridgehead atoms. The zero-order chi connectivity index (χ0) is 34.2. The van der Waals surface area contributed by atoms with Crippen LogP contribution in [0.5, 0.6) is 0 Å². The van der Waals surface area contributed by atoms with Gasteiger partial charge in [-0.05, 0) is 53.9 Å². The van der Waals surface area contributed by atoms with Crippen molar-refractivity contribution in [2.75, 3.05) is 32.8 Å². The van der Waals surface area contributed by atoms with E-state index in [-0.39, 0.29) is 0 Å². The van der Waals surface area contributed by atoms with Gasteiger partial charge in [0.1, 0.15) is 11.0 Å². The Morgan fingerprint density at radius 1 is 0.673 bits per heavy atom. The quantitative estimate of drug-likeness (QED) is 0.148. The van der Waals surface area contributed by atoms with E-state index in [9.17, 15) is 0 Å². The second-order valence-corrected chi connectivity index (χ2v) is 11.9. The van der Waals surface area contributed by atoms with Gasteiger partial charge in [-0.3, -0.25) is 19.3 Å². The Kier molecular flexibility index (Phi) is 10.7. The van der Waals surface area contributed by atoms with Crippen molar-refractivity contribution in [1.29, 1.82) is 0 Å². The maximum absolute atomic E-state index is 5.91. The summed E-state index contributed by atoms with van der Waals surface area (Å²) in [5.74, 6) is 1.75. The van der Waals surface area contributed by atoms with E-state index in [4.69, 9.17) is 26.1 Å². The summed E-state index contributed by atoms with van der Waals surface area (Å²) in [5, 5.41) is 20.6. The number of anilines is 2. The lowest BCUT2D eigenvalue weighted by atomic mass is 10.1. The molecular formula is C35H36ClN11O2. The minimum atomic E-state index is 0.382. The van der Waals surface area contributed by atoms with Crippen molar-refractivity contribution in [1.82, 2.24) is 49.7 Å². The van der Waals surface area contributed by atoms with Gasteiger partial charge in [0.2, 0.25) is 0 Å². The normalized spacial score (nSPS) is 11.2. The van der Waals surface area contributed by atoms with Crippen molar-refractivity contribution in [2.45, 2.75) is 32.9 Å². The van der Waals surface area contributed by atoms with Gasteiger partial charge in [-0.2, -0.15) is 15.3 Å². The Morgan fingerprint density at radius 2 is 1.27 bits per heavy atom. The molecule has 7 aromatic heterocycles. The van der Waals surface area contributed by atoms with Crippen LogP contribution in [0.1, 0.15) is 25.3 Å². The largest absolute Gasteiger partial charge is 0.383 e. The summed E-state index contributed by atoms with van der Waals surface area (Å²) in [5.41, 5.74) is 8.27. The first-order valence-electron chi connectivity index (χ1n) is 15.7. The summed E-state index contributed by atoms with van der Waals surface area (Å²) >= 11 is 5.91. The van der Waals surface area contributed by atoms with Crippen molar-refractivity contribution < 1.29 is 9.47 Å². The number of rotatable bonds is 11. The van der Waals surface area contributed by atoms with Crippen LogP contribution in [0.2, 0.25) is 5.15 Å². The van der Waals surface area contributed by atoms with Crippen molar-refractivity contribution in [3.05, 3.63) is 96.6 Å². The van der Waals surface area contributed by atoms with Crippen LogP contribution < -0.4 is 5.32 Å². The maximum Gasteiger partial charge on any atom is 0.154 e. The van der Waals surface area contributed by atoms with E-state index in [2.05, 4.69) is 54.5 Å². The monoisotopic (exact) mass is 677 g/mol. The molecule has 0 saturated carbocycles. The Balaban J connectivity index is 0.000000182. The average Bonchev–Trinajstić information content (AvgIpc) is 3.80. The van der Waals surface area contributed by atoms with Crippen LogP contribution in [-0.2, 0) is 22.6 Å². The fraction of sp³-hybridized carbons (Fsp3) is 0.257. The maximum atomic E-state index is 5.91. The highest BCUT2D eigenvalue weighted by Gasteiger charge is 2.09. The van der Waals surface area contributed by atoms with Gasteiger partial charge in [0.25, 0.3) is 0 Å². The summed E-state index contributed by atoms with van der Waals surface area (Å²) in [6, 6.07) is 13.4. The van der Waals surface area contributed by atoms with E-state index in [1.54, 1.807) is 26.5 Å². The molecule has 0 aliphatic rings. The van der Waals surface area contributed by atoms with Gasteiger partial charge in [0.05, 0.1) is 67.0 Å². The summed E-state index contributed by atoms with van der Waals surface area (Å²) in [6.45, 7) is 6.93. The van der Waals surface area contributed by atoms with E-state index in [1.807, 2.05) is 82.9 Å². The minimum Gasteiger partial charge on any atom is -0.383 e. The van der Waals surface area contributed by atoms with E-state index in [0.29, 0.717) is 42.5 Å². The Bertz CT molecular complexity index is 2170. The van der Waals surface area contributed by atoms with Crippen molar-refractivity contribution in [3.63, 3.8) is 0 Å². The molecule has 0 fully saturated rings.